The van der Waals surface area contributed by atoms with E-state index in [4.69, 9.17) is 0 Å². The summed E-state index contributed by atoms with van der Waals surface area (Å²) >= 11 is 0. The number of carboxylic acid groups (broad SMARTS) is 1. The minimum absolute atomic E-state index is 0.190. The summed E-state index contributed by atoms with van der Waals surface area (Å²) in [5, 5.41) is 9.46. The first kappa shape index (κ1) is 15.0. The number of carboxylic acids is 1. The molecule has 0 bridgehead atoms. The largest absolute Gasteiger partial charge is 0.481 e. The van der Waals surface area contributed by atoms with Crippen molar-refractivity contribution < 1.29 is 9.90 Å². The monoisotopic (exact) mass is 275 g/mol. The molecule has 1 aromatic rings. The van der Waals surface area contributed by atoms with Gasteiger partial charge in [0.15, 0.2) is 0 Å². The molecule has 1 aromatic carbocycles. The molecule has 0 spiro atoms. The first-order valence-corrected chi connectivity index (χ1v) is 7.57. The second-order valence-corrected chi connectivity index (χ2v) is 6.26. The molecule has 1 fully saturated rings. The number of hydrogen-bond acceptors (Lipinski definition) is 2. The van der Waals surface area contributed by atoms with Crippen LogP contribution in [0.4, 0.5) is 0 Å². The van der Waals surface area contributed by atoms with Gasteiger partial charge in [0.05, 0.1) is 12.0 Å². The van der Waals surface area contributed by atoms with Gasteiger partial charge in [-0.3, -0.25) is 9.69 Å². The van der Waals surface area contributed by atoms with E-state index in [1.165, 1.54) is 12.8 Å². The van der Waals surface area contributed by atoms with Gasteiger partial charge in [0.2, 0.25) is 0 Å². The van der Waals surface area contributed by atoms with E-state index in [0.29, 0.717) is 5.92 Å². The zero-order valence-corrected chi connectivity index (χ0v) is 12.5. The predicted molar refractivity (Wildman–Crippen MR) is 80.6 cm³/mol. The molecule has 2 rings (SSSR count). The van der Waals surface area contributed by atoms with Crippen LogP contribution in [-0.2, 0) is 10.3 Å². The van der Waals surface area contributed by atoms with Crippen molar-refractivity contribution in [2.75, 3.05) is 13.1 Å². The fraction of sp³-hybridized carbons (Fsp3) is 0.588. The molecule has 3 heteroatoms. The van der Waals surface area contributed by atoms with Gasteiger partial charge < -0.3 is 5.11 Å². The maximum absolute atomic E-state index is 11.5. The average Bonchev–Trinajstić information content (AvgIpc) is 2.92. The Labute approximate surface area is 121 Å². The molecule has 3 nitrogen and oxygen atoms in total. The zero-order valence-electron chi connectivity index (χ0n) is 12.5. The lowest BCUT2D eigenvalue weighted by molar-refractivity contribution is -0.141. The molecule has 1 atom stereocenters. The first-order chi connectivity index (χ1) is 9.54. The third-order valence-electron chi connectivity index (χ3n) is 4.21. The van der Waals surface area contributed by atoms with E-state index in [0.717, 1.165) is 25.1 Å². The van der Waals surface area contributed by atoms with Crippen LogP contribution in [0, 0.1) is 5.92 Å². The van der Waals surface area contributed by atoms with E-state index >= 15 is 0 Å². The number of hydrogen-bond donors (Lipinski definition) is 1. The van der Waals surface area contributed by atoms with Crippen molar-refractivity contribution in [3.8, 4) is 0 Å². The van der Waals surface area contributed by atoms with Gasteiger partial charge in [0.25, 0.3) is 0 Å². The van der Waals surface area contributed by atoms with E-state index < -0.39 is 5.97 Å². The molecular weight excluding hydrogens is 250 g/mol. The minimum atomic E-state index is -0.707. The molecule has 1 unspecified atom stereocenters. The van der Waals surface area contributed by atoms with Crippen molar-refractivity contribution >= 4 is 5.97 Å². The molecule has 1 aliphatic rings. The lowest BCUT2D eigenvalue weighted by atomic mass is 9.78. The molecule has 0 aromatic heterocycles. The standard InChI is InChI=1S/C17H25NO2/c1-14(2)12-17(13-16(19)20,18-10-6-7-11-18)15-8-4-3-5-9-15/h3-5,8-9,14H,6-7,10-13H2,1-2H3,(H,19,20). The highest BCUT2D eigenvalue weighted by molar-refractivity contribution is 5.69. The summed E-state index contributed by atoms with van der Waals surface area (Å²) in [5.74, 6) is -0.239. The first-order valence-electron chi connectivity index (χ1n) is 7.57. The van der Waals surface area contributed by atoms with Crippen LogP contribution in [-0.4, -0.2) is 29.1 Å². The Hall–Kier alpha value is -1.35. The SMILES string of the molecule is CC(C)CC(CC(=O)O)(c1ccccc1)N1CCCC1. The molecule has 110 valence electrons. The molecule has 1 N–H and O–H groups in total. The maximum Gasteiger partial charge on any atom is 0.305 e. The molecule has 0 radical (unpaired) electrons. The lowest BCUT2D eigenvalue weighted by Crippen LogP contribution is -2.47. The van der Waals surface area contributed by atoms with Gasteiger partial charge in [-0.15, -0.1) is 0 Å². The van der Waals surface area contributed by atoms with Gasteiger partial charge in [0.1, 0.15) is 0 Å². The van der Waals surface area contributed by atoms with Crippen LogP contribution in [0.2, 0.25) is 0 Å². The van der Waals surface area contributed by atoms with Gasteiger partial charge in [-0.2, -0.15) is 0 Å². The fourth-order valence-electron chi connectivity index (χ4n) is 3.53. The molecule has 0 saturated carbocycles. The number of likely N-dealkylation sites (tertiary alicyclic amines) is 1. The fourth-order valence-corrected chi connectivity index (χ4v) is 3.53. The Morgan fingerprint density at radius 1 is 1.25 bits per heavy atom. The highest BCUT2D eigenvalue weighted by atomic mass is 16.4. The second kappa shape index (κ2) is 6.40. The molecular formula is C17H25NO2. The summed E-state index contributed by atoms with van der Waals surface area (Å²) in [4.78, 5) is 13.9. The predicted octanol–water partition coefficient (Wildman–Crippen LogP) is 3.50. The van der Waals surface area contributed by atoms with Crippen molar-refractivity contribution in [2.45, 2.75) is 45.1 Å². The third-order valence-corrected chi connectivity index (χ3v) is 4.21. The zero-order chi connectivity index (χ0) is 14.6. The van der Waals surface area contributed by atoms with Gasteiger partial charge in [0, 0.05) is 0 Å². The Kier molecular flexibility index (Phi) is 4.81. The van der Waals surface area contributed by atoms with Crippen LogP contribution < -0.4 is 0 Å². The lowest BCUT2D eigenvalue weighted by Gasteiger charge is -2.43. The van der Waals surface area contributed by atoms with E-state index in [1.807, 2.05) is 18.2 Å². The van der Waals surface area contributed by atoms with E-state index in [1.54, 1.807) is 0 Å². The van der Waals surface area contributed by atoms with Gasteiger partial charge in [-0.1, -0.05) is 44.2 Å². The molecule has 0 aliphatic carbocycles. The number of aliphatic carboxylic acids is 1. The summed E-state index contributed by atoms with van der Waals surface area (Å²) < 4.78 is 0. The van der Waals surface area contributed by atoms with E-state index in [2.05, 4.69) is 30.9 Å². The van der Waals surface area contributed by atoms with Crippen molar-refractivity contribution in [1.82, 2.24) is 4.90 Å². The van der Waals surface area contributed by atoms with Gasteiger partial charge >= 0.3 is 5.97 Å². The average molecular weight is 275 g/mol. The summed E-state index contributed by atoms with van der Waals surface area (Å²) in [5.41, 5.74) is 0.801. The number of rotatable bonds is 6. The van der Waals surface area contributed by atoms with Gasteiger partial charge in [-0.25, -0.2) is 0 Å². The molecule has 1 saturated heterocycles. The molecule has 1 aliphatic heterocycles. The minimum Gasteiger partial charge on any atom is -0.481 e. The molecule has 20 heavy (non-hydrogen) atoms. The van der Waals surface area contributed by atoms with E-state index in [9.17, 15) is 9.90 Å². The second-order valence-electron chi connectivity index (χ2n) is 6.26. The van der Waals surface area contributed by atoms with Crippen LogP contribution >= 0.6 is 0 Å². The Balaban J connectivity index is 2.44. The third kappa shape index (κ3) is 3.21. The van der Waals surface area contributed by atoms with Crippen LogP contribution in [0.3, 0.4) is 0 Å². The van der Waals surface area contributed by atoms with Crippen LogP contribution in [0.1, 0.15) is 45.1 Å². The smallest absolute Gasteiger partial charge is 0.305 e. The Morgan fingerprint density at radius 2 is 1.85 bits per heavy atom. The summed E-state index contributed by atoms with van der Waals surface area (Å²) in [6.45, 7) is 6.37. The topological polar surface area (TPSA) is 40.5 Å². The molecule has 0 amide bonds. The van der Waals surface area contributed by atoms with Crippen LogP contribution in [0.25, 0.3) is 0 Å². The Bertz CT molecular complexity index is 438. The highest BCUT2D eigenvalue weighted by Crippen LogP contribution is 2.40. The van der Waals surface area contributed by atoms with E-state index in [-0.39, 0.29) is 12.0 Å². The summed E-state index contributed by atoms with van der Waals surface area (Å²) in [6.07, 6.45) is 3.43. The normalized spacial score (nSPS) is 19.1. The maximum atomic E-state index is 11.5. The quantitative estimate of drug-likeness (QED) is 0.864. The molecule has 1 heterocycles. The Morgan fingerprint density at radius 3 is 2.35 bits per heavy atom. The number of nitrogens with zero attached hydrogens (tertiary/aromatic N) is 1. The van der Waals surface area contributed by atoms with Crippen molar-refractivity contribution in [3.63, 3.8) is 0 Å². The van der Waals surface area contributed by atoms with Crippen molar-refractivity contribution in [1.29, 1.82) is 0 Å². The number of carbonyl (C=O) groups is 1. The van der Waals surface area contributed by atoms with Gasteiger partial charge in [-0.05, 0) is 43.8 Å². The summed E-state index contributed by atoms with van der Waals surface area (Å²) in [6, 6.07) is 10.2. The van der Waals surface area contributed by atoms with Crippen molar-refractivity contribution in [2.24, 2.45) is 5.92 Å². The van der Waals surface area contributed by atoms with Crippen molar-refractivity contribution in [3.05, 3.63) is 35.9 Å². The summed E-state index contributed by atoms with van der Waals surface area (Å²) in [7, 11) is 0. The van der Waals surface area contributed by atoms with Crippen LogP contribution in [0.5, 0.6) is 0 Å². The number of benzene rings is 1. The van der Waals surface area contributed by atoms with Crippen LogP contribution in [0.15, 0.2) is 30.3 Å². The highest BCUT2D eigenvalue weighted by Gasteiger charge is 2.41.